The lowest BCUT2D eigenvalue weighted by Gasteiger charge is -2.19. The molecule has 96 valence electrons. The molecule has 0 radical (unpaired) electrons. The lowest BCUT2D eigenvalue weighted by atomic mass is 10.1. The minimum absolute atomic E-state index is 0.116. The Hall–Kier alpha value is -2.62. The smallest absolute Gasteiger partial charge is 0.337 e. The van der Waals surface area contributed by atoms with Crippen molar-refractivity contribution in [2.45, 2.75) is 6.54 Å². The van der Waals surface area contributed by atoms with E-state index in [1.54, 1.807) is 18.2 Å². The largest absolute Gasteiger partial charge is 0.478 e. The Morgan fingerprint density at radius 1 is 1.05 bits per heavy atom. The summed E-state index contributed by atoms with van der Waals surface area (Å²) in [5.74, 6) is -1.05. The maximum Gasteiger partial charge on any atom is 0.337 e. The number of hydrogen-bond acceptors (Lipinski definition) is 2. The molecule has 2 aromatic carbocycles. The van der Waals surface area contributed by atoms with E-state index in [0.717, 1.165) is 5.56 Å². The van der Waals surface area contributed by atoms with Gasteiger partial charge in [0.1, 0.15) is 0 Å². The van der Waals surface area contributed by atoms with Crippen LogP contribution in [0.1, 0.15) is 15.9 Å². The Morgan fingerprint density at radius 3 is 2.32 bits per heavy atom. The highest BCUT2D eigenvalue weighted by atomic mass is 16.4. The summed E-state index contributed by atoms with van der Waals surface area (Å²) in [4.78, 5) is 23.8. The minimum atomic E-state index is -1.05. The molecule has 2 aromatic rings. The van der Waals surface area contributed by atoms with Gasteiger partial charge in [-0.05, 0) is 17.7 Å². The molecule has 0 spiro atoms. The second kappa shape index (κ2) is 5.82. The molecular formula is C15H13NO3. The van der Waals surface area contributed by atoms with Gasteiger partial charge in [-0.25, -0.2) is 4.79 Å². The predicted molar refractivity (Wildman–Crippen MR) is 72.1 cm³/mol. The van der Waals surface area contributed by atoms with Gasteiger partial charge in [0.05, 0.1) is 17.8 Å². The van der Waals surface area contributed by atoms with Crippen molar-refractivity contribution in [1.29, 1.82) is 0 Å². The van der Waals surface area contributed by atoms with Gasteiger partial charge in [0, 0.05) is 0 Å². The summed E-state index contributed by atoms with van der Waals surface area (Å²) in [6.45, 7) is 0.342. The highest BCUT2D eigenvalue weighted by molar-refractivity contribution is 5.97. The van der Waals surface area contributed by atoms with Crippen molar-refractivity contribution in [3.63, 3.8) is 0 Å². The van der Waals surface area contributed by atoms with Crippen molar-refractivity contribution in [1.82, 2.24) is 0 Å². The van der Waals surface area contributed by atoms with Crippen LogP contribution >= 0.6 is 0 Å². The summed E-state index contributed by atoms with van der Waals surface area (Å²) < 4.78 is 0. The van der Waals surface area contributed by atoms with Crippen molar-refractivity contribution in [2.24, 2.45) is 0 Å². The molecule has 0 bridgehead atoms. The second-order valence-electron chi connectivity index (χ2n) is 4.04. The van der Waals surface area contributed by atoms with E-state index >= 15 is 0 Å². The third-order valence-corrected chi connectivity index (χ3v) is 2.77. The highest BCUT2D eigenvalue weighted by Gasteiger charge is 2.15. The van der Waals surface area contributed by atoms with Gasteiger partial charge >= 0.3 is 5.97 Å². The number of carboxylic acids is 1. The van der Waals surface area contributed by atoms with Gasteiger partial charge in [-0.3, -0.25) is 4.79 Å². The summed E-state index contributed by atoms with van der Waals surface area (Å²) in [6.07, 6.45) is 0.648. The van der Waals surface area contributed by atoms with Gasteiger partial charge in [0.25, 0.3) is 0 Å². The van der Waals surface area contributed by atoms with Crippen LogP contribution in [-0.2, 0) is 11.3 Å². The lowest BCUT2D eigenvalue weighted by molar-refractivity contribution is -0.107. The normalized spacial score (nSPS) is 9.89. The van der Waals surface area contributed by atoms with Crippen molar-refractivity contribution in [3.05, 3.63) is 65.7 Å². The molecule has 0 unspecified atom stereocenters. The maximum atomic E-state index is 11.2. The summed E-state index contributed by atoms with van der Waals surface area (Å²) >= 11 is 0. The van der Waals surface area contributed by atoms with Crippen molar-refractivity contribution in [3.8, 4) is 0 Å². The molecule has 0 fully saturated rings. The Morgan fingerprint density at radius 2 is 1.68 bits per heavy atom. The number of amides is 1. The first-order valence-corrected chi connectivity index (χ1v) is 5.80. The second-order valence-corrected chi connectivity index (χ2v) is 4.04. The van der Waals surface area contributed by atoms with Crippen molar-refractivity contribution < 1.29 is 14.7 Å². The quantitative estimate of drug-likeness (QED) is 0.835. The standard InChI is InChI=1S/C15H13NO3/c17-11-16(10-12-6-2-1-3-7-12)14-9-5-4-8-13(14)15(18)19/h1-9,11H,10H2,(H,18,19). The van der Waals surface area contributed by atoms with E-state index in [2.05, 4.69) is 0 Å². The molecule has 1 amide bonds. The van der Waals surface area contributed by atoms with Gasteiger partial charge in [0.2, 0.25) is 6.41 Å². The molecule has 19 heavy (non-hydrogen) atoms. The number of nitrogens with zero attached hydrogens (tertiary/aromatic N) is 1. The number of para-hydroxylation sites is 1. The fraction of sp³-hybridized carbons (Fsp3) is 0.0667. The number of carbonyl (C=O) groups is 2. The van der Waals surface area contributed by atoms with Crippen LogP contribution in [0.2, 0.25) is 0 Å². The van der Waals surface area contributed by atoms with Crippen LogP contribution in [0, 0.1) is 0 Å². The molecule has 0 aromatic heterocycles. The van der Waals surface area contributed by atoms with E-state index in [0.29, 0.717) is 18.6 Å². The Labute approximate surface area is 110 Å². The van der Waals surface area contributed by atoms with Gasteiger partial charge < -0.3 is 10.0 Å². The summed E-state index contributed by atoms with van der Waals surface area (Å²) in [5.41, 5.74) is 1.45. The van der Waals surface area contributed by atoms with Crippen LogP contribution in [0.4, 0.5) is 5.69 Å². The number of rotatable bonds is 5. The molecule has 0 aliphatic carbocycles. The molecule has 0 aliphatic rings. The third-order valence-electron chi connectivity index (χ3n) is 2.77. The zero-order valence-electron chi connectivity index (χ0n) is 10.2. The van der Waals surface area contributed by atoms with Gasteiger partial charge in [-0.1, -0.05) is 42.5 Å². The van der Waals surface area contributed by atoms with E-state index in [4.69, 9.17) is 5.11 Å². The number of benzene rings is 2. The van der Waals surface area contributed by atoms with E-state index in [-0.39, 0.29) is 5.56 Å². The van der Waals surface area contributed by atoms with Crippen LogP contribution in [0.3, 0.4) is 0 Å². The average Bonchev–Trinajstić information content (AvgIpc) is 2.46. The molecule has 0 heterocycles. The first kappa shape index (κ1) is 12.8. The molecule has 0 saturated carbocycles. The molecule has 1 N–H and O–H groups in total. The van der Waals surface area contributed by atoms with Gasteiger partial charge in [0.15, 0.2) is 0 Å². The Bertz CT molecular complexity index is 581. The Kier molecular flexibility index (Phi) is 3.93. The summed E-state index contributed by atoms with van der Waals surface area (Å²) in [6, 6.07) is 15.9. The Balaban J connectivity index is 2.32. The lowest BCUT2D eigenvalue weighted by Crippen LogP contribution is -2.22. The number of carboxylic acid groups (broad SMARTS) is 1. The average molecular weight is 255 g/mol. The van der Waals surface area contributed by atoms with Crippen LogP contribution in [0.15, 0.2) is 54.6 Å². The van der Waals surface area contributed by atoms with Gasteiger partial charge in [-0.15, -0.1) is 0 Å². The molecule has 0 saturated heterocycles. The fourth-order valence-corrected chi connectivity index (χ4v) is 1.86. The van der Waals surface area contributed by atoms with Crippen LogP contribution in [0.25, 0.3) is 0 Å². The molecule has 0 atom stereocenters. The molecular weight excluding hydrogens is 242 g/mol. The van der Waals surface area contributed by atoms with Crippen LogP contribution < -0.4 is 4.90 Å². The zero-order chi connectivity index (χ0) is 13.7. The zero-order valence-corrected chi connectivity index (χ0v) is 10.2. The molecule has 4 nitrogen and oxygen atoms in total. The van der Waals surface area contributed by atoms with Crippen molar-refractivity contribution >= 4 is 18.1 Å². The predicted octanol–water partition coefficient (Wildman–Crippen LogP) is 2.55. The van der Waals surface area contributed by atoms with E-state index in [1.807, 2.05) is 30.3 Å². The van der Waals surface area contributed by atoms with Crippen LogP contribution in [0.5, 0.6) is 0 Å². The monoisotopic (exact) mass is 255 g/mol. The first-order valence-electron chi connectivity index (χ1n) is 5.80. The fourth-order valence-electron chi connectivity index (χ4n) is 1.86. The number of aromatic carboxylic acids is 1. The van der Waals surface area contributed by atoms with E-state index in [9.17, 15) is 9.59 Å². The number of carbonyl (C=O) groups excluding carboxylic acids is 1. The number of anilines is 1. The van der Waals surface area contributed by atoms with E-state index in [1.165, 1.54) is 11.0 Å². The SMILES string of the molecule is O=CN(Cc1ccccc1)c1ccccc1C(=O)O. The molecule has 0 aliphatic heterocycles. The van der Waals surface area contributed by atoms with Crippen LogP contribution in [-0.4, -0.2) is 17.5 Å². The highest BCUT2D eigenvalue weighted by Crippen LogP contribution is 2.21. The van der Waals surface area contributed by atoms with E-state index < -0.39 is 5.97 Å². The van der Waals surface area contributed by atoms with Gasteiger partial charge in [-0.2, -0.15) is 0 Å². The first-order chi connectivity index (χ1) is 9.22. The molecule has 4 heteroatoms. The number of hydrogen-bond donors (Lipinski definition) is 1. The third kappa shape index (κ3) is 2.98. The summed E-state index contributed by atoms with van der Waals surface area (Å²) in [7, 11) is 0. The molecule has 2 rings (SSSR count). The minimum Gasteiger partial charge on any atom is -0.478 e. The maximum absolute atomic E-state index is 11.2. The topological polar surface area (TPSA) is 57.6 Å². The summed E-state index contributed by atoms with van der Waals surface area (Å²) in [5, 5.41) is 9.13. The van der Waals surface area contributed by atoms with Crippen molar-refractivity contribution in [2.75, 3.05) is 4.90 Å².